The summed E-state index contributed by atoms with van der Waals surface area (Å²) in [6.07, 6.45) is -1.87. The molecule has 2 aromatic carbocycles. The molecule has 10 heteroatoms. The van der Waals surface area contributed by atoms with E-state index in [-0.39, 0.29) is 48.9 Å². The molecule has 39 heavy (non-hydrogen) atoms. The van der Waals surface area contributed by atoms with E-state index in [0.717, 1.165) is 30.1 Å². The summed E-state index contributed by atoms with van der Waals surface area (Å²) in [4.78, 5) is 38.4. The highest BCUT2D eigenvalue weighted by Crippen LogP contribution is 2.56. The van der Waals surface area contributed by atoms with Crippen LogP contribution in [-0.2, 0) is 19.7 Å². The topological polar surface area (TPSA) is 83.9 Å². The van der Waals surface area contributed by atoms with Crippen LogP contribution in [0.5, 0.6) is 0 Å². The number of alkyl halides is 3. The summed E-state index contributed by atoms with van der Waals surface area (Å²) in [6, 6.07) is 10.7. The maximum absolute atomic E-state index is 14.0. The number of rotatable bonds is 7. The van der Waals surface area contributed by atoms with E-state index in [1.165, 1.54) is 24.3 Å². The number of nitrogens with zero attached hydrogens (tertiary/aromatic N) is 1. The predicted molar refractivity (Wildman–Crippen MR) is 141 cm³/mol. The van der Waals surface area contributed by atoms with Crippen molar-refractivity contribution >= 4 is 41.5 Å². The Morgan fingerprint density at radius 3 is 2.41 bits per heavy atom. The molecule has 0 bridgehead atoms. The number of allylic oxidation sites excluding steroid dienone is 1. The van der Waals surface area contributed by atoms with Gasteiger partial charge in [0.15, 0.2) is 0 Å². The minimum atomic E-state index is -5.26. The van der Waals surface area contributed by atoms with Crippen molar-refractivity contribution in [1.82, 2.24) is 0 Å². The second kappa shape index (κ2) is 10.8. The molecule has 0 aromatic heterocycles. The van der Waals surface area contributed by atoms with Gasteiger partial charge in [0.2, 0.25) is 0 Å². The van der Waals surface area contributed by atoms with Gasteiger partial charge in [0.25, 0.3) is 0 Å². The number of carbonyl (C=O) groups excluding carboxylic acids is 3. The van der Waals surface area contributed by atoms with Crippen LogP contribution in [0.2, 0.25) is 5.02 Å². The maximum atomic E-state index is 14.0. The third-order valence-electron chi connectivity index (χ3n) is 7.99. The van der Waals surface area contributed by atoms with Crippen molar-refractivity contribution in [3.8, 4) is 0 Å². The SMILES string of the molecule is COC(=O)C1(N(C(=O)C(F)(F)F)c2cccc(Cl)c2)CCC2(CC1)C(C[C@@H](C)CO)=Cc1ccc(C=O)cc12. The summed E-state index contributed by atoms with van der Waals surface area (Å²) in [7, 11) is 1.08. The number of anilines is 1. The van der Waals surface area contributed by atoms with Crippen molar-refractivity contribution in [2.24, 2.45) is 5.92 Å². The van der Waals surface area contributed by atoms with E-state index in [9.17, 15) is 32.7 Å². The zero-order valence-electron chi connectivity index (χ0n) is 21.6. The second-order valence-electron chi connectivity index (χ2n) is 10.3. The van der Waals surface area contributed by atoms with Crippen molar-refractivity contribution in [1.29, 1.82) is 0 Å². The van der Waals surface area contributed by atoms with Gasteiger partial charge < -0.3 is 9.84 Å². The molecule has 1 amide bonds. The molecule has 0 radical (unpaired) electrons. The van der Waals surface area contributed by atoms with Gasteiger partial charge in [0.1, 0.15) is 11.8 Å². The Morgan fingerprint density at radius 2 is 1.85 bits per heavy atom. The zero-order valence-corrected chi connectivity index (χ0v) is 22.3. The molecule has 1 atom stereocenters. The second-order valence-corrected chi connectivity index (χ2v) is 10.8. The maximum Gasteiger partial charge on any atom is 0.471 e. The van der Waals surface area contributed by atoms with E-state index in [4.69, 9.17) is 16.3 Å². The highest BCUT2D eigenvalue weighted by molar-refractivity contribution is 6.31. The molecule has 1 N–H and O–H groups in total. The highest BCUT2D eigenvalue weighted by Gasteiger charge is 2.59. The third-order valence-corrected chi connectivity index (χ3v) is 8.22. The van der Waals surface area contributed by atoms with Crippen molar-refractivity contribution in [3.63, 3.8) is 0 Å². The fourth-order valence-electron chi connectivity index (χ4n) is 6.07. The molecule has 2 aliphatic rings. The van der Waals surface area contributed by atoms with Crippen LogP contribution in [0.15, 0.2) is 48.0 Å². The number of hydrogen-bond donors (Lipinski definition) is 1. The number of esters is 1. The predicted octanol–water partition coefficient (Wildman–Crippen LogP) is 5.89. The molecule has 2 aliphatic carbocycles. The van der Waals surface area contributed by atoms with E-state index < -0.39 is 29.0 Å². The largest absolute Gasteiger partial charge is 0.471 e. The first-order valence-electron chi connectivity index (χ1n) is 12.6. The Balaban J connectivity index is 1.84. The van der Waals surface area contributed by atoms with Crippen LogP contribution >= 0.6 is 11.6 Å². The minimum absolute atomic E-state index is 0.0575. The number of benzene rings is 2. The van der Waals surface area contributed by atoms with Crippen LogP contribution in [0.4, 0.5) is 18.9 Å². The molecule has 2 aromatic rings. The van der Waals surface area contributed by atoms with Crippen LogP contribution in [0, 0.1) is 5.92 Å². The lowest BCUT2D eigenvalue weighted by Crippen LogP contribution is -2.63. The molecular formula is C29H29ClF3NO5. The molecule has 0 saturated heterocycles. The minimum Gasteiger partial charge on any atom is -0.467 e. The van der Waals surface area contributed by atoms with Crippen LogP contribution in [0.25, 0.3) is 6.08 Å². The molecule has 1 spiro atoms. The van der Waals surface area contributed by atoms with Crippen molar-refractivity contribution < 1.29 is 37.4 Å². The van der Waals surface area contributed by atoms with Crippen LogP contribution in [0.3, 0.4) is 0 Å². The van der Waals surface area contributed by atoms with Gasteiger partial charge in [-0.2, -0.15) is 13.2 Å². The van der Waals surface area contributed by atoms with E-state index in [1.807, 2.05) is 19.1 Å². The summed E-state index contributed by atoms with van der Waals surface area (Å²) in [5.74, 6) is -3.23. The Bertz CT molecular complexity index is 1310. The molecule has 4 rings (SSSR count). The normalized spacial score (nSPS) is 23.1. The van der Waals surface area contributed by atoms with Crippen LogP contribution < -0.4 is 4.90 Å². The summed E-state index contributed by atoms with van der Waals surface area (Å²) in [6.45, 7) is 1.83. The smallest absolute Gasteiger partial charge is 0.467 e. The Morgan fingerprint density at radius 1 is 1.15 bits per heavy atom. The highest BCUT2D eigenvalue weighted by atomic mass is 35.5. The van der Waals surface area contributed by atoms with Gasteiger partial charge in [-0.3, -0.25) is 14.5 Å². The molecule has 208 valence electrons. The van der Waals surface area contributed by atoms with Gasteiger partial charge in [-0.1, -0.05) is 48.4 Å². The van der Waals surface area contributed by atoms with E-state index in [2.05, 4.69) is 0 Å². The lowest BCUT2D eigenvalue weighted by molar-refractivity contribution is -0.174. The number of amides is 1. The van der Waals surface area contributed by atoms with Gasteiger partial charge in [-0.05, 0) is 73.4 Å². The Hall–Kier alpha value is -3.17. The summed E-state index contributed by atoms with van der Waals surface area (Å²) in [5, 5.41) is 9.84. The zero-order chi connectivity index (χ0) is 28.6. The van der Waals surface area contributed by atoms with Crippen LogP contribution in [0.1, 0.15) is 60.5 Å². The number of methoxy groups -OCH3 is 1. The monoisotopic (exact) mass is 563 g/mol. The first-order valence-corrected chi connectivity index (χ1v) is 13.0. The third kappa shape index (κ3) is 5.10. The summed E-state index contributed by atoms with van der Waals surface area (Å²) < 4.78 is 46.9. The number of carbonyl (C=O) groups is 3. The van der Waals surface area contributed by atoms with Gasteiger partial charge in [0, 0.05) is 28.3 Å². The first kappa shape index (κ1) is 28.8. The molecule has 6 nitrogen and oxygen atoms in total. The average Bonchev–Trinajstić information content (AvgIpc) is 3.20. The van der Waals surface area contributed by atoms with Crippen LogP contribution in [-0.4, -0.2) is 48.7 Å². The van der Waals surface area contributed by atoms with Gasteiger partial charge >= 0.3 is 18.1 Å². The van der Waals surface area contributed by atoms with Crippen molar-refractivity contribution in [2.45, 2.75) is 56.2 Å². The van der Waals surface area contributed by atoms with Gasteiger partial charge in [-0.15, -0.1) is 0 Å². The molecule has 1 fully saturated rings. The fourth-order valence-corrected chi connectivity index (χ4v) is 6.26. The fraction of sp³-hybridized carbons (Fsp3) is 0.414. The number of hydrogen-bond acceptors (Lipinski definition) is 5. The lowest BCUT2D eigenvalue weighted by Gasteiger charge is -2.50. The van der Waals surface area contributed by atoms with E-state index >= 15 is 0 Å². The number of halogens is 4. The molecular weight excluding hydrogens is 535 g/mol. The standard InChI is InChI=1S/C29H29ClF3NO5/c1-18(16-35)12-21-14-20-7-6-19(17-36)13-24(20)27(21)8-10-28(11-9-27,26(38)39-2)34(25(37)29(31,32)33)23-5-3-4-22(30)15-23/h3-7,13-15,17-18,35H,8-12,16H2,1-2H3/t18-,27?,28?/m1/s1. The van der Waals surface area contributed by atoms with Crippen molar-refractivity contribution in [2.75, 3.05) is 18.6 Å². The van der Waals surface area contributed by atoms with Crippen molar-refractivity contribution in [3.05, 3.63) is 69.8 Å². The average molecular weight is 564 g/mol. The number of aliphatic hydroxyl groups is 1. The molecule has 1 saturated carbocycles. The van der Waals surface area contributed by atoms with Gasteiger partial charge in [-0.25, -0.2) is 4.79 Å². The Labute approximate surface area is 229 Å². The number of aldehydes is 1. The Kier molecular flexibility index (Phi) is 7.96. The van der Waals surface area contributed by atoms with E-state index in [0.29, 0.717) is 16.9 Å². The molecule has 0 aliphatic heterocycles. The number of aliphatic hydroxyl groups excluding tert-OH is 1. The molecule has 0 heterocycles. The lowest BCUT2D eigenvalue weighted by atomic mass is 9.60. The number of fused-ring (bicyclic) bond motifs is 2. The number of ether oxygens (including phenoxy) is 1. The van der Waals surface area contributed by atoms with Gasteiger partial charge in [0.05, 0.1) is 7.11 Å². The quantitative estimate of drug-likeness (QED) is 0.336. The summed E-state index contributed by atoms with van der Waals surface area (Å²) >= 11 is 6.08. The first-order chi connectivity index (χ1) is 18.4. The van der Waals surface area contributed by atoms with E-state index in [1.54, 1.807) is 12.1 Å². The molecule has 0 unspecified atom stereocenters. The summed E-state index contributed by atoms with van der Waals surface area (Å²) in [5.41, 5.74) is 0.358.